The van der Waals surface area contributed by atoms with E-state index in [2.05, 4.69) is 43.4 Å². The monoisotopic (exact) mass is 306 g/mol. The van der Waals surface area contributed by atoms with Gasteiger partial charge in [0.1, 0.15) is 0 Å². The number of hydrogen-bond acceptors (Lipinski definition) is 1. The van der Waals surface area contributed by atoms with Gasteiger partial charge in [0.25, 0.3) is 0 Å². The Morgan fingerprint density at radius 1 is 0.727 bits per heavy atom. The van der Waals surface area contributed by atoms with Gasteiger partial charge in [-0.1, -0.05) is 62.6 Å². The molecule has 0 aromatic heterocycles. The van der Waals surface area contributed by atoms with E-state index in [1.165, 1.54) is 38.5 Å². The summed E-state index contributed by atoms with van der Waals surface area (Å²) in [7, 11) is 0. The Morgan fingerprint density at radius 3 is 1.82 bits per heavy atom. The molecule has 0 atom stereocenters. The summed E-state index contributed by atoms with van der Waals surface area (Å²) in [4.78, 5) is 10.3. The van der Waals surface area contributed by atoms with Crippen molar-refractivity contribution in [1.29, 1.82) is 0 Å². The van der Waals surface area contributed by atoms with E-state index >= 15 is 0 Å². The molecule has 0 rings (SSSR count). The van der Waals surface area contributed by atoms with Gasteiger partial charge in [0.2, 0.25) is 0 Å². The molecule has 2 nitrogen and oxygen atoms in total. The number of carboxylic acid groups (broad SMARTS) is 1. The molecule has 0 aromatic rings. The second-order valence-corrected chi connectivity index (χ2v) is 5.72. The molecule has 0 radical (unpaired) electrons. The topological polar surface area (TPSA) is 37.3 Å². The van der Waals surface area contributed by atoms with Crippen LogP contribution in [-0.4, -0.2) is 11.1 Å². The van der Waals surface area contributed by atoms with Crippen LogP contribution < -0.4 is 0 Å². The quantitative estimate of drug-likeness (QED) is 0.215. The normalized spacial score (nSPS) is 12.0. The average Bonchev–Trinajstić information content (AvgIpc) is 2.50. The summed E-state index contributed by atoms with van der Waals surface area (Å²) in [6.45, 7) is 2.15. The molecule has 126 valence electrons. The summed E-state index contributed by atoms with van der Waals surface area (Å²) in [6.07, 6.45) is 26.3. The lowest BCUT2D eigenvalue weighted by molar-refractivity contribution is -0.137. The molecule has 22 heavy (non-hydrogen) atoms. The first kappa shape index (κ1) is 20.7. The first-order chi connectivity index (χ1) is 10.8. The van der Waals surface area contributed by atoms with Crippen molar-refractivity contribution in [1.82, 2.24) is 0 Å². The van der Waals surface area contributed by atoms with E-state index in [9.17, 15) is 4.79 Å². The number of carbonyl (C=O) groups is 1. The van der Waals surface area contributed by atoms with E-state index in [0.29, 0.717) is 6.42 Å². The molecular weight excluding hydrogens is 272 g/mol. The Bertz CT molecular complexity index is 327. The summed E-state index contributed by atoms with van der Waals surface area (Å²) < 4.78 is 0. The third-order valence-electron chi connectivity index (χ3n) is 3.54. The van der Waals surface area contributed by atoms with Crippen molar-refractivity contribution in [2.45, 2.75) is 84.0 Å². The molecule has 0 heterocycles. The minimum Gasteiger partial charge on any atom is -0.481 e. The molecule has 2 heteroatoms. The molecule has 0 amide bonds. The van der Waals surface area contributed by atoms with Crippen molar-refractivity contribution >= 4 is 5.97 Å². The van der Waals surface area contributed by atoms with Crippen LogP contribution in [0.25, 0.3) is 0 Å². The minimum absolute atomic E-state index is 0.319. The van der Waals surface area contributed by atoms with Crippen LogP contribution >= 0.6 is 0 Å². The average molecular weight is 306 g/mol. The lowest BCUT2D eigenvalue weighted by Crippen LogP contribution is -1.93. The maximum absolute atomic E-state index is 10.3. The van der Waals surface area contributed by atoms with Gasteiger partial charge in [0.15, 0.2) is 0 Å². The molecule has 0 saturated heterocycles. The molecule has 0 fully saturated rings. The maximum Gasteiger partial charge on any atom is 0.303 e. The molecule has 0 saturated carbocycles. The van der Waals surface area contributed by atoms with Crippen LogP contribution in [0.5, 0.6) is 0 Å². The summed E-state index contributed by atoms with van der Waals surface area (Å²) in [5, 5.41) is 8.52. The first-order valence-corrected chi connectivity index (χ1v) is 8.95. The first-order valence-electron chi connectivity index (χ1n) is 8.95. The van der Waals surface area contributed by atoms with Crippen LogP contribution in [-0.2, 0) is 4.79 Å². The molecule has 0 aromatic carbocycles. The predicted octanol–water partition coefficient (Wildman–Crippen LogP) is 6.44. The summed E-state index contributed by atoms with van der Waals surface area (Å²) >= 11 is 0. The largest absolute Gasteiger partial charge is 0.481 e. The number of carboxylic acids is 1. The van der Waals surface area contributed by atoms with E-state index in [4.69, 9.17) is 5.11 Å². The fourth-order valence-corrected chi connectivity index (χ4v) is 2.22. The fraction of sp³-hybridized carbons (Fsp3) is 0.650. The molecular formula is C20H34O2. The van der Waals surface area contributed by atoms with Crippen molar-refractivity contribution < 1.29 is 9.90 Å². The van der Waals surface area contributed by atoms with Gasteiger partial charge in [-0.05, 0) is 51.4 Å². The lowest BCUT2D eigenvalue weighted by atomic mass is 10.1. The fourth-order valence-electron chi connectivity index (χ4n) is 2.22. The van der Waals surface area contributed by atoms with Gasteiger partial charge in [0.05, 0.1) is 0 Å². The Morgan fingerprint density at radius 2 is 1.23 bits per heavy atom. The second-order valence-electron chi connectivity index (χ2n) is 5.72. The van der Waals surface area contributed by atoms with Crippen molar-refractivity contribution in [3.63, 3.8) is 0 Å². The molecule has 0 bridgehead atoms. The molecule has 0 unspecified atom stereocenters. The van der Waals surface area contributed by atoms with E-state index in [0.717, 1.165) is 32.1 Å². The maximum atomic E-state index is 10.3. The zero-order valence-electron chi connectivity index (χ0n) is 14.3. The molecule has 1 N–H and O–H groups in total. The smallest absolute Gasteiger partial charge is 0.303 e. The summed E-state index contributed by atoms with van der Waals surface area (Å²) in [5.74, 6) is -0.673. The highest BCUT2D eigenvalue weighted by Crippen LogP contribution is 2.08. The summed E-state index contributed by atoms with van der Waals surface area (Å²) in [5.41, 5.74) is 0. The van der Waals surface area contributed by atoms with Gasteiger partial charge in [-0.3, -0.25) is 4.79 Å². The van der Waals surface area contributed by atoms with Gasteiger partial charge >= 0.3 is 5.97 Å². The van der Waals surface area contributed by atoms with Crippen molar-refractivity contribution in [2.75, 3.05) is 0 Å². The number of hydrogen-bond donors (Lipinski definition) is 1. The zero-order valence-corrected chi connectivity index (χ0v) is 14.3. The van der Waals surface area contributed by atoms with Crippen molar-refractivity contribution in [3.8, 4) is 0 Å². The number of unbranched alkanes of at least 4 members (excludes halogenated alkanes) is 8. The second kappa shape index (κ2) is 17.7. The number of aliphatic carboxylic acids is 1. The van der Waals surface area contributed by atoms with E-state index < -0.39 is 5.97 Å². The molecule has 0 aliphatic carbocycles. The highest BCUT2D eigenvalue weighted by atomic mass is 16.4. The minimum atomic E-state index is -0.673. The standard InChI is InChI=1S/C20H34O2/c1-2-3-4-5-6-7-8-9-10-11-12-13-14-15-16-17-18-19-20(21)22/h3-6,12-13H,2,7-11,14-19H2,1H3,(H,21,22)/b4-3+,6-5+,13-12+. The van der Waals surface area contributed by atoms with Gasteiger partial charge in [0, 0.05) is 6.42 Å². The number of allylic oxidation sites excluding steroid dienone is 6. The van der Waals surface area contributed by atoms with Gasteiger partial charge in [-0.2, -0.15) is 0 Å². The highest BCUT2D eigenvalue weighted by molar-refractivity contribution is 5.66. The van der Waals surface area contributed by atoms with Gasteiger partial charge in [-0.25, -0.2) is 0 Å². The Balaban J connectivity index is 3.19. The van der Waals surface area contributed by atoms with Crippen LogP contribution in [0.4, 0.5) is 0 Å². The Labute approximate surface area is 137 Å². The van der Waals surface area contributed by atoms with Crippen molar-refractivity contribution in [3.05, 3.63) is 36.5 Å². The van der Waals surface area contributed by atoms with Gasteiger partial charge < -0.3 is 5.11 Å². The van der Waals surface area contributed by atoms with Crippen LogP contribution in [0.15, 0.2) is 36.5 Å². The van der Waals surface area contributed by atoms with Crippen LogP contribution in [0.3, 0.4) is 0 Å². The summed E-state index contributed by atoms with van der Waals surface area (Å²) in [6, 6.07) is 0. The molecule has 0 spiro atoms. The van der Waals surface area contributed by atoms with Crippen LogP contribution in [0, 0.1) is 0 Å². The highest BCUT2D eigenvalue weighted by Gasteiger charge is 1.95. The van der Waals surface area contributed by atoms with E-state index in [-0.39, 0.29) is 0 Å². The number of rotatable bonds is 15. The third-order valence-corrected chi connectivity index (χ3v) is 3.54. The van der Waals surface area contributed by atoms with Crippen LogP contribution in [0.2, 0.25) is 0 Å². The van der Waals surface area contributed by atoms with Crippen molar-refractivity contribution in [2.24, 2.45) is 0 Å². The SMILES string of the molecule is CC/C=C/C=C/CCCCC/C=C/CCCCCCC(=O)O. The lowest BCUT2D eigenvalue weighted by Gasteiger charge is -1.97. The van der Waals surface area contributed by atoms with Crippen LogP contribution in [0.1, 0.15) is 84.0 Å². The molecule has 0 aliphatic heterocycles. The zero-order chi connectivity index (χ0) is 16.3. The van der Waals surface area contributed by atoms with E-state index in [1.807, 2.05) is 0 Å². The predicted molar refractivity (Wildman–Crippen MR) is 96.1 cm³/mol. The van der Waals surface area contributed by atoms with Gasteiger partial charge in [-0.15, -0.1) is 0 Å². The molecule has 0 aliphatic rings. The van der Waals surface area contributed by atoms with E-state index in [1.54, 1.807) is 0 Å². The third kappa shape index (κ3) is 18.7. The Kier molecular flexibility index (Phi) is 16.7. The Hall–Kier alpha value is -1.31.